The van der Waals surface area contributed by atoms with Gasteiger partial charge >= 0.3 is 5.97 Å². The molecule has 1 fully saturated rings. The van der Waals surface area contributed by atoms with Crippen molar-refractivity contribution in [3.05, 3.63) is 94.6 Å². The number of carbonyl (C=O) groups excluding carboxylic acids is 3. The average molecular weight is 536 g/mol. The lowest BCUT2D eigenvalue weighted by molar-refractivity contribution is 0.0596. The summed E-state index contributed by atoms with van der Waals surface area (Å²) in [6.45, 7) is 3.43. The first-order valence-corrected chi connectivity index (χ1v) is 12.9. The number of rotatable bonds is 9. The monoisotopic (exact) mass is 535 g/mol. The minimum atomic E-state index is -0.860. The van der Waals surface area contributed by atoms with Crippen LogP contribution in [0.25, 0.3) is 11.1 Å². The van der Waals surface area contributed by atoms with E-state index in [0.29, 0.717) is 23.2 Å². The Hall–Kier alpha value is -4.11. The smallest absolute Gasteiger partial charge is 0.341 e. The molecular weight excluding hydrogens is 504 g/mol. The zero-order valence-electron chi connectivity index (χ0n) is 21.8. The van der Waals surface area contributed by atoms with E-state index in [0.717, 1.165) is 32.8 Å². The van der Waals surface area contributed by atoms with Gasteiger partial charge in [0.15, 0.2) is 0 Å². The van der Waals surface area contributed by atoms with E-state index in [1.54, 1.807) is 30.3 Å². The number of nitrogens with one attached hydrogen (secondary N) is 2. The van der Waals surface area contributed by atoms with E-state index in [1.165, 1.54) is 43.5 Å². The summed E-state index contributed by atoms with van der Waals surface area (Å²) in [5.74, 6) is -2.87. The Balaban J connectivity index is 1.33. The first-order valence-electron chi connectivity index (χ1n) is 12.9. The molecule has 2 amide bonds. The van der Waals surface area contributed by atoms with Crippen LogP contribution < -0.4 is 10.6 Å². The Bertz CT molecular complexity index is 1340. The number of nitrogens with zero attached hydrogens (tertiary/aromatic N) is 1. The summed E-state index contributed by atoms with van der Waals surface area (Å²) >= 11 is 0. The van der Waals surface area contributed by atoms with Crippen molar-refractivity contribution in [1.82, 2.24) is 15.5 Å². The minimum absolute atomic E-state index is 0.0866. The van der Waals surface area contributed by atoms with E-state index in [4.69, 9.17) is 0 Å². The SMILES string of the molecule is COC(=O)c1c(F)cccc1-c1ccc(CNC(=O)c2ccc(C(=O)NCCN3CCCCC3)cc2)c(F)c1. The number of piperidine rings is 1. The zero-order chi connectivity index (χ0) is 27.8. The van der Waals surface area contributed by atoms with Gasteiger partial charge in [0.05, 0.1) is 7.11 Å². The van der Waals surface area contributed by atoms with Crippen molar-refractivity contribution < 1.29 is 27.9 Å². The molecule has 0 aliphatic carbocycles. The predicted octanol–water partition coefficient (Wildman–Crippen LogP) is 4.56. The van der Waals surface area contributed by atoms with Gasteiger partial charge in [-0.05, 0) is 73.5 Å². The molecule has 1 heterocycles. The molecular formula is C30H31F2N3O4. The Morgan fingerprint density at radius 1 is 0.846 bits per heavy atom. The van der Waals surface area contributed by atoms with Gasteiger partial charge < -0.3 is 20.3 Å². The second-order valence-corrected chi connectivity index (χ2v) is 9.38. The lowest BCUT2D eigenvalue weighted by Gasteiger charge is -2.26. The Kier molecular flexibility index (Phi) is 9.38. The summed E-state index contributed by atoms with van der Waals surface area (Å²) in [6, 6.07) is 14.5. The van der Waals surface area contributed by atoms with Gasteiger partial charge in [-0.25, -0.2) is 13.6 Å². The van der Waals surface area contributed by atoms with Crippen molar-refractivity contribution >= 4 is 17.8 Å². The van der Waals surface area contributed by atoms with Crippen molar-refractivity contribution in [3.63, 3.8) is 0 Å². The molecule has 1 aliphatic heterocycles. The average Bonchev–Trinajstić information content (AvgIpc) is 2.96. The lowest BCUT2D eigenvalue weighted by atomic mass is 9.98. The van der Waals surface area contributed by atoms with Crippen molar-refractivity contribution in [1.29, 1.82) is 0 Å². The molecule has 0 unspecified atom stereocenters. The quantitative estimate of drug-likeness (QED) is 0.392. The largest absolute Gasteiger partial charge is 0.465 e. The first kappa shape index (κ1) is 27.9. The Labute approximate surface area is 226 Å². The van der Waals surface area contributed by atoms with Crippen LogP contribution in [-0.4, -0.2) is 56.0 Å². The van der Waals surface area contributed by atoms with Gasteiger partial charge in [0.2, 0.25) is 0 Å². The fraction of sp³-hybridized carbons (Fsp3) is 0.300. The standard InChI is InChI=1S/C30H31F2N3O4/c1-39-30(38)27-24(6-5-7-25(27)31)22-12-13-23(26(32)18-22)19-34-29(37)21-10-8-20(9-11-21)28(36)33-14-17-35-15-3-2-4-16-35/h5-13,18H,2-4,14-17,19H2,1H3,(H,33,36)(H,34,37). The first-order chi connectivity index (χ1) is 18.9. The molecule has 4 rings (SSSR count). The highest BCUT2D eigenvalue weighted by Gasteiger charge is 2.19. The third-order valence-electron chi connectivity index (χ3n) is 6.78. The normalized spacial score (nSPS) is 13.5. The predicted molar refractivity (Wildman–Crippen MR) is 143 cm³/mol. The molecule has 7 nitrogen and oxygen atoms in total. The van der Waals surface area contributed by atoms with Gasteiger partial charge in [0, 0.05) is 36.3 Å². The molecule has 0 atom stereocenters. The molecule has 3 aromatic rings. The molecule has 204 valence electrons. The summed E-state index contributed by atoms with van der Waals surface area (Å²) in [7, 11) is 1.14. The summed E-state index contributed by atoms with van der Waals surface area (Å²) in [6.07, 6.45) is 3.66. The minimum Gasteiger partial charge on any atom is -0.465 e. The van der Waals surface area contributed by atoms with Crippen LogP contribution in [0.5, 0.6) is 0 Å². The Morgan fingerprint density at radius 3 is 2.15 bits per heavy atom. The summed E-state index contributed by atoms with van der Waals surface area (Å²) < 4.78 is 33.8. The van der Waals surface area contributed by atoms with Crippen molar-refractivity contribution in [2.75, 3.05) is 33.3 Å². The number of likely N-dealkylation sites (tertiary alicyclic amines) is 1. The summed E-state index contributed by atoms with van der Waals surface area (Å²) in [4.78, 5) is 39.4. The van der Waals surface area contributed by atoms with E-state index < -0.39 is 23.5 Å². The zero-order valence-corrected chi connectivity index (χ0v) is 21.8. The number of methoxy groups -OCH3 is 1. The highest BCUT2D eigenvalue weighted by Crippen LogP contribution is 2.28. The fourth-order valence-corrected chi connectivity index (χ4v) is 4.60. The molecule has 0 spiro atoms. The van der Waals surface area contributed by atoms with Gasteiger partial charge in [0.1, 0.15) is 17.2 Å². The third kappa shape index (κ3) is 7.06. The third-order valence-corrected chi connectivity index (χ3v) is 6.78. The van der Waals surface area contributed by atoms with Gasteiger partial charge in [-0.2, -0.15) is 0 Å². The maximum Gasteiger partial charge on any atom is 0.341 e. The van der Waals surface area contributed by atoms with Gasteiger partial charge in [-0.1, -0.05) is 30.7 Å². The molecule has 0 aromatic heterocycles. The van der Waals surface area contributed by atoms with Crippen molar-refractivity contribution in [2.45, 2.75) is 25.8 Å². The van der Waals surface area contributed by atoms with Gasteiger partial charge in [-0.3, -0.25) is 9.59 Å². The van der Waals surface area contributed by atoms with Crippen molar-refractivity contribution in [3.8, 4) is 11.1 Å². The highest BCUT2D eigenvalue weighted by atomic mass is 19.1. The fourth-order valence-electron chi connectivity index (χ4n) is 4.60. The number of ether oxygens (including phenoxy) is 1. The summed E-state index contributed by atoms with van der Waals surface area (Å²) in [5, 5.41) is 5.57. The second-order valence-electron chi connectivity index (χ2n) is 9.38. The molecule has 3 aromatic carbocycles. The van der Waals surface area contributed by atoms with E-state index in [2.05, 4.69) is 20.3 Å². The van der Waals surface area contributed by atoms with Crippen LogP contribution in [0.15, 0.2) is 60.7 Å². The van der Waals surface area contributed by atoms with Gasteiger partial charge in [0.25, 0.3) is 11.8 Å². The summed E-state index contributed by atoms with van der Waals surface area (Å²) in [5.41, 5.74) is 1.22. The molecule has 0 bridgehead atoms. The van der Waals surface area contributed by atoms with E-state index in [1.807, 2.05) is 0 Å². The maximum absolute atomic E-state index is 14.9. The topological polar surface area (TPSA) is 87.7 Å². The molecule has 0 radical (unpaired) electrons. The van der Waals surface area contributed by atoms with E-state index >= 15 is 0 Å². The van der Waals surface area contributed by atoms with Crippen LogP contribution in [0.4, 0.5) is 8.78 Å². The van der Waals surface area contributed by atoms with Crippen LogP contribution in [0.3, 0.4) is 0 Å². The second kappa shape index (κ2) is 13.1. The van der Waals surface area contributed by atoms with Crippen LogP contribution in [0.1, 0.15) is 55.9 Å². The van der Waals surface area contributed by atoms with Crippen LogP contribution >= 0.6 is 0 Å². The van der Waals surface area contributed by atoms with Crippen LogP contribution in [0, 0.1) is 11.6 Å². The number of hydrogen-bond donors (Lipinski definition) is 2. The lowest BCUT2D eigenvalue weighted by Crippen LogP contribution is -2.37. The highest BCUT2D eigenvalue weighted by molar-refractivity contribution is 5.98. The molecule has 1 aliphatic rings. The number of amides is 2. The molecule has 1 saturated heterocycles. The molecule has 0 saturated carbocycles. The van der Waals surface area contributed by atoms with Crippen LogP contribution in [0.2, 0.25) is 0 Å². The number of halogens is 2. The molecule has 9 heteroatoms. The van der Waals surface area contributed by atoms with E-state index in [9.17, 15) is 23.2 Å². The number of benzene rings is 3. The van der Waals surface area contributed by atoms with Crippen LogP contribution in [-0.2, 0) is 11.3 Å². The maximum atomic E-state index is 14.9. The van der Waals surface area contributed by atoms with Gasteiger partial charge in [-0.15, -0.1) is 0 Å². The number of carbonyl (C=O) groups is 3. The Morgan fingerprint density at radius 2 is 1.51 bits per heavy atom. The molecule has 2 N–H and O–H groups in total. The van der Waals surface area contributed by atoms with E-state index in [-0.39, 0.29) is 29.1 Å². The van der Waals surface area contributed by atoms with Crippen molar-refractivity contribution in [2.24, 2.45) is 0 Å². The molecule has 39 heavy (non-hydrogen) atoms. The number of esters is 1. The number of hydrogen-bond acceptors (Lipinski definition) is 5.